The molecule has 2 aliphatic rings. The molecule has 4 rings (SSSR count). The second-order valence-corrected chi connectivity index (χ2v) is 7.50. The second-order valence-electron chi connectivity index (χ2n) is 6.29. The molecule has 2 aliphatic heterocycles. The molecule has 0 radical (unpaired) electrons. The van der Waals surface area contributed by atoms with E-state index in [1.54, 1.807) is 30.0 Å². The van der Waals surface area contributed by atoms with Crippen LogP contribution in [0.4, 0.5) is 0 Å². The molecule has 0 unspecified atom stereocenters. The van der Waals surface area contributed by atoms with Crippen LogP contribution in [-0.2, 0) is 14.3 Å². The smallest absolute Gasteiger partial charge is 0.355 e. The van der Waals surface area contributed by atoms with Crippen LogP contribution in [0.1, 0.15) is 16.8 Å². The summed E-state index contributed by atoms with van der Waals surface area (Å²) in [6, 6.07) is 17.1. The third kappa shape index (κ3) is 3.53. The molecule has 0 saturated carbocycles. The van der Waals surface area contributed by atoms with Crippen LogP contribution in [0.2, 0.25) is 0 Å². The molecule has 2 aromatic rings. The lowest BCUT2D eigenvalue weighted by Crippen LogP contribution is -2.53. The van der Waals surface area contributed by atoms with Crippen molar-refractivity contribution in [3.63, 3.8) is 0 Å². The fourth-order valence-corrected chi connectivity index (χ4v) is 4.21. The Morgan fingerprint density at radius 1 is 1.04 bits per heavy atom. The van der Waals surface area contributed by atoms with Crippen LogP contribution in [0.5, 0.6) is 0 Å². The molecule has 6 heteroatoms. The minimum absolute atomic E-state index is 0.0197. The van der Waals surface area contributed by atoms with Gasteiger partial charge in [0.2, 0.25) is 5.91 Å². The minimum atomic E-state index is -0.623. The summed E-state index contributed by atoms with van der Waals surface area (Å²) < 4.78 is 5.15. The highest BCUT2D eigenvalue weighted by Crippen LogP contribution is 2.37. The van der Waals surface area contributed by atoms with Gasteiger partial charge in [-0.1, -0.05) is 54.6 Å². The van der Waals surface area contributed by atoms with Crippen LogP contribution >= 0.6 is 11.8 Å². The Kier molecular flexibility index (Phi) is 4.81. The van der Waals surface area contributed by atoms with Gasteiger partial charge in [0.05, 0.1) is 11.8 Å². The summed E-state index contributed by atoms with van der Waals surface area (Å²) in [5.74, 6) is -0.325. The number of hydrogen-bond donors (Lipinski definition) is 0. The fourth-order valence-electron chi connectivity index (χ4n) is 3.10. The Morgan fingerprint density at radius 3 is 2.44 bits per heavy atom. The zero-order chi connectivity index (χ0) is 18.8. The van der Waals surface area contributed by atoms with Crippen LogP contribution in [-0.4, -0.2) is 40.3 Å². The van der Waals surface area contributed by atoms with E-state index < -0.39 is 5.97 Å². The third-order valence-electron chi connectivity index (χ3n) is 4.59. The molecule has 1 fully saturated rings. The highest BCUT2D eigenvalue weighted by atomic mass is 32.2. The van der Waals surface area contributed by atoms with Crippen molar-refractivity contribution in [2.24, 2.45) is 0 Å². The summed E-state index contributed by atoms with van der Waals surface area (Å²) in [5.41, 5.74) is 2.81. The van der Waals surface area contributed by atoms with E-state index >= 15 is 0 Å². The standard InChI is InChI=1S/C21H17NO4S/c23-18(16-8-6-15(7-9-16)14-4-2-1-3-5-14)13-26-21(25)17-10-11-27-20-12-19(24)22(17)20/h1-10,20H,11-13H2/t20-/m1/s1. The number of fused-ring (bicyclic) bond motifs is 1. The van der Waals surface area contributed by atoms with E-state index in [9.17, 15) is 14.4 Å². The van der Waals surface area contributed by atoms with Crippen molar-refractivity contribution in [1.29, 1.82) is 0 Å². The topological polar surface area (TPSA) is 63.7 Å². The van der Waals surface area contributed by atoms with Gasteiger partial charge in [-0.05, 0) is 17.2 Å². The summed E-state index contributed by atoms with van der Waals surface area (Å²) in [6.07, 6.45) is 2.13. The number of benzene rings is 2. The zero-order valence-corrected chi connectivity index (χ0v) is 15.3. The molecule has 1 atom stereocenters. The number of ether oxygens (including phenoxy) is 1. The Hall–Kier alpha value is -2.86. The maximum atomic E-state index is 12.3. The number of esters is 1. The van der Waals surface area contributed by atoms with Crippen molar-refractivity contribution in [3.8, 4) is 11.1 Å². The molecule has 2 heterocycles. The van der Waals surface area contributed by atoms with Crippen molar-refractivity contribution in [3.05, 3.63) is 71.9 Å². The van der Waals surface area contributed by atoms with Crippen LogP contribution in [0.3, 0.4) is 0 Å². The van der Waals surface area contributed by atoms with E-state index in [1.165, 1.54) is 4.90 Å². The van der Waals surface area contributed by atoms with Crippen molar-refractivity contribution in [1.82, 2.24) is 4.90 Å². The van der Waals surface area contributed by atoms with Gasteiger partial charge in [-0.2, -0.15) is 0 Å². The highest BCUT2D eigenvalue weighted by Gasteiger charge is 2.43. The van der Waals surface area contributed by atoms with Crippen LogP contribution < -0.4 is 0 Å². The van der Waals surface area contributed by atoms with E-state index in [0.717, 1.165) is 11.1 Å². The van der Waals surface area contributed by atoms with Gasteiger partial charge in [-0.3, -0.25) is 14.5 Å². The lowest BCUT2D eigenvalue weighted by Gasteiger charge is -2.42. The van der Waals surface area contributed by atoms with E-state index in [-0.39, 0.29) is 29.4 Å². The van der Waals surface area contributed by atoms with Crippen molar-refractivity contribution in [2.45, 2.75) is 11.8 Å². The quantitative estimate of drug-likeness (QED) is 0.453. The summed E-state index contributed by atoms with van der Waals surface area (Å²) in [7, 11) is 0. The predicted molar refractivity (Wildman–Crippen MR) is 103 cm³/mol. The largest absolute Gasteiger partial charge is 0.453 e. The van der Waals surface area contributed by atoms with Crippen LogP contribution in [0.15, 0.2) is 66.4 Å². The Morgan fingerprint density at radius 2 is 1.74 bits per heavy atom. The Bertz CT molecular complexity index is 921. The maximum absolute atomic E-state index is 12.3. The molecule has 0 aromatic heterocycles. The molecule has 0 spiro atoms. The van der Waals surface area contributed by atoms with Gasteiger partial charge in [0.15, 0.2) is 12.4 Å². The fraction of sp³-hybridized carbons (Fsp3) is 0.190. The van der Waals surface area contributed by atoms with E-state index in [0.29, 0.717) is 17.7 Å². The zero-order valence-electron chi connectivity index (χ0n) is 14.5. The number of hydrogen-bond acceptors (Lipinski definition) is 5. The van der Waals surface area contributed by atoms with Crippen molar-refractivity contribution < 1.29 is 19.1 Å². The molecule has 27 heavy (non-hydrogen) atoms. The third-order valence-corrected chi connectivity index (χ3v) is 5.71. The van der Waals surface area contributed by atoms with Gasteiger partial charge in [-0.25, -0.2) is 4.79 Å². The first-order chi connectivity index (χ1) is 13.1. The first-order valence-corrected chi connectivity index (χ1v) is 9.68. The molecular formula is C21H17NO4S. The number of nitrogens with zero attached hydrogens (tertiary/aromatic N) is 1. The molecular weight excluding hydrogens is 362 g/mol. The van der Waals surface area contributed by atoms with Crippen LogP contribution in [0, 0.1) is 0 Å². The van der Waals surface area contributed by atoms with Crippen molar-refractivity contribution >= 4 is 29.4 Å². The van der Waals surface area contributed by atoms with E-state index in [1.807, 2.05) is 42.5 Å². The SMILES string of the molecule is O=C(OCC(=O)c1ccc(-c2ccccc2)cc1)C1=CCS[C@@H]2CC(=O)N12. The first-order valence-electron chi connectivity index (χ1n) is 8.63. The van der Waals surface area contributed by atoms with Gasteiger partial charge >= 0.3 is 5.97 Å². The number of Topliss-reactive ketones (excluding diaryl/α,β-unsaturated/α-hetero) is 1. The molecule has 0 bridgehead atoms. The average Bonchev–Trinajstić information content (AvgIpc) is 2.71. The summed E-state index contributed by atoms with van der Waals surface area (Å²) >= 11 is 1.61. The van der Waals surface area contributed by atoms with E-state index in [2.05, 4.69) is 0 Å². The highest BCUT2D eigenvalue weighted by molar-refractivity contribution is 8.00. The lowest BCUT2D eigenvalue weighted by atomic mass is 10.0. The summed E-state index contributed by atoms with van der Waals surface area (Å²) in [4.78, 5) is 37.7. The Labute approximate surface area is 161 Å². The molecule has 0 N–H and O–H groups in total. The van der Waals surface area contributed by atoms with Gasteiger partial charge in [-0.15, -0.1) is 11.8 Å². The number of β-lactam (4-membered cyclic amide) rings is 1. The first kappa shape index (κ1) is 17.5. The molecule has 1 saturated heterocycles. The lowest BCUT2D eigenvalue weighted by molar-refractivity contribution is -0.148. The second kappa shape index (κ2) is 7.40. The Balaban J connectivity index is 1.37. The maximum Gasteiger partial charge on any atom is 0.355 e. The number of thioether (sulfide) groups is 1. The predicted octanol–water partition coefficient (Wildman–Crippen LogP) is 3.27. The monoisotopic (exact) mass is 379 g/mol. The normalized spacial score (nSPS) is 18.2. The van der Waals surface area contributed by atoms with Crippen LogP contribution in [0.25, 0.3) is 11.1 Å². The summed E-state index contributed by atoms with van der Waals surface area (Å²) in [6.45, 7) is -0.347. The van der Waals surface area contributed by atoms with Gasteiger partial charge < -0.3 is 4.74 Å². The molecule has 0 aliphatic carbocycles. The molecule has 1 amide bonds. The average molecular weight is 379 g/mol. The number of carbonyl (C=O) groups excluding carboxylic acids is 3. The number of ketones is 1. The molecule has 2 aromatic carbocycles. The van der Waals surface area contributed by atoms with Gasteiger partial charge in [0.25, 0.3) is 0 Å². The van der Waals surface area contributed by atoms with E-state index in [4.69, 9.17) is 4.74 Å². The summed E-state index contributed by atoms with van der Waals surface area (Å²) in [5, 5.41) is 0.0197. The van der Waals surface area contributed by atoms with Crippen molar-refractivity contribution in [2.75, 3.05) is 12.4 Å². The number of carbonyl (C=O) groups is 3. The van der Waals surface area contributed by atoms with Gasteiger partial charge in [0.1, 0.15) is 5.70 Å². The minimum Gasteiger partial charge on any atom is -0.453 e. The molecule has 5 nitrogen and oxygen atoms in total. The molecule has 136 valence electrons. The number of rotatable bonds is 5. The number of amides is 1. The van der Waals surface area contributed by atoms with Gasteiger partial charge in [0, 0.05) is 11.3 Å².